The molecule has 0 aromatic heterocycles. The number of rotatable bonds is 0. The van der Waals surface area contributed by atoms with E-state index >= 15 is 0 Å². The van der Waals surface area contributed by atoms with Crippen LogP contribution >= 0.6 is 0 Å². The van der Waals surface area contributed by atoms with Crippen molar-refractivity contribution >= 4 is 5.78 Å². The molecule has 0 saturated carbocycles. The first-order chi connectivity index (χ1) is 5.04. The number of ether oxygens (including phenoxy) is 1. The zero-order valence-corrected chi connectivity index (χ0v) is 5.93. The fraction of sp³-hybridized carbons (Fsp3) is 0.833. The van der Waals surface area contributed by atoms with E-state index in [2.05, 4.69) is 4.74 Å². The van der Waals surface area contributed by atoms with E-state index in [4.69, 9.17) is 10.2 Å². The average molecular weight is 161 g/mol. The Bertz CT molecular complexity index is 168. The summed E-state index contributed by atoms with van der Waals surface area (Å²) >= 11 is 0. The Labute approximate surface area is 63.2 Å². The predicted molar refractivity (Wildman–Crippen MR) is 31.4 cm³/mol. The fourth-order valence-corrected chi connectivity index (χ4v) is 0.906. The van der Waals surface area contributed by atoms with Crippen LogP contribution in [-0.2, 0) is 9.53 Å². The van der Waals surface area contributed by atoms with Gasteiger partial charge in [0.25, 0.3) is 0 Å². The molecule has 64 valence electrons. The van der Waals surface area contributed by atoms with Crippen molar-refractivity contribution in [2.45, 2.75) is 31.5 Å². The van der Waals surface area contributed by atoms with Crippen LogP contribution in [0, 0.1) is 0 Å². The first-order valence-electron chi connectivity index (χ1n) is 3.25. The van der Waals surface area contributed by atoms with E-state index in [9.17, 15) is 9.90 Å². The maximum Gasteiger partial charge on any atom is 0.192 e. The normalized spacial score (nSPS) is 46.0. The fourth-order valence-electron chi connectivity index (χ4n) is 0.906. The summed E-state index contributed by atoms with van der Waals surface area (Å²) in [6.45, 7) is 1.36. The highest BCUT2D eigenvalue weighted by molar-refractivity contribution is 5.88. The molecule has 0 radical (unpaired) electrons. The summed E-state index contributed by atoms with van der Waals surface area (Å²) < 4.78 is 4.47. The van der Waals surface area contributed by atoms with Gasteiger partial charge in [0.05, 0.1) is 6.10 Å². The Morgan fingerprint density at radius 2 is 2.09 bits per heavy atom. The van der Waals surface area contributed by atoms with E-state index in [1.807, 2.05) is 0 Å². The summed E-state index contributed by atoms with van der Waals surface area (Å²) in [6, 6.07) is 0. The second kappa shape index (κ2) is 2.86. The number of carbonyl (C=O) groups is 1. The topological polar surface area (TPSA) is 89.8 Å². The lowest BCUT2D eigenvalue weighted by Gasteiger charge is -2.38. The average Bonchev–Trinajstić information content (AvgIpc) is 1.97. The van der Waals surface area contributed by atoms with Crippen LogP contribution in [0.3, 0.4) is 0 Å². The summed E-state index contributed by atoms with van der Waals surface area (Å²) in [4.78, 5) is 10.8. The highest BCUT2D eigenvalue weighted by Crippen LogP contribution is 2.13. The van der Waals surface area contributed by atoms with Gasteiger partial charge in [-0.15, -0.1) is 0 Å². The van der Waals surface area contributed by atoms with Crippen molar-refractivity contribution in [1.82, 2.24) is 0 Å². The number of aliphatic hydroxyl groups is 2. The molecular formula is C6H9O5-. The molecule has 1 fully saturated rings. The van der Waals surface area contributed by atoms with Gasteiger partial charge in [-0.05, 0) is 6.92 Å². The van der Waals surface area contributed by atoms with Crippen LogP contribution in [0.1, 0.15) is 6.92 Å². The monoisotopic (exact) mass is 161 g/mol. The molecule has 4 atom stereocenters. The minimum atomic E-state index is -1.72. The second-order valence-corrected chi connectivity index (χ2v) is 2.48. The van der Waals surface area contributed by atoms with Crippen molar-refractivity contribution in [3.8, 4) is 0 Å². The van der Waals surface area contributed by atoms with Gasteiger partial charge >= 0.3 is 0 Å². The van der Waals surface area contributed by atoms with Crippen LogP contribution in [0.2, 0.25) is 0 Å². The molecule has 5 heteroatoms. The zero-order chi connectivity index (χ0) is 8.59. The lowest BCUT2D eigenvalue weighted by Crippen LogP contribution is -2.58. The third-order valence-electron chi connectivity index (χ3n) is 1.63. The Morgan fingerprint density at radius 3 is 2.64 bits per heavy atom. The van der Waals surface area contributed by atoms with Gasteiger partial charge in [-0.1, -0.05) is 0 Å². The number of hydrogen-bond donors (Lipinski definition) is 2. The minimum absolute atomic E-state index is 0.649. The molecule has 0 aromatic rings. The molecule has 0 aliphatic carbocycles. The molecule has 1 saturated heterocycles. The van der Waals surface area contributed by atoms with Crippen LogP contribution < -0.4 is 5.11 Å². The molecule has 5 nitrogen and oxygen atoms in total. The third-order valence-corrected chi connectivity index (χ3v) is 1.63. The van der Waals surface area contributed by atoms with Crippen molar-refractivity contribution in [3.63, 3.8) is 0 Å². The van der Waals surface area contributed by atoms with Crippen LogP contribution in [-0.4, -0.2) is 40.6 Å². The number of ketones is 1. The molecule has 0 spiro atoms. The van der Waals surface area contributed by atoms with Crippen LogP contribution in [0.4, 0.5) is 0 Å². The molecule has 1 rings (SSSR count). The van der Waals surface area contributed by atoms with E-state index < -0.39 is 30.4 Å². The molecule has 0 amide bonds. The summed E-state index contributed by atoms with van der Waals surface area (Å²) in [7, 11) is 0. The smallest absolute Gasteiger partial charge is 0.192 e. The van der Waals surface area contributed by atoms with E-state index in [0.29, 0.717) is 0 Å². The Hall–Kier alpha value is -0.490. The van der Waals surface area contributed by atoms with Gasteiger partial charge in [0.15, 0.2) is 5.78 Å². The Balaban J connectivity index is 2.70. The first-order valence-corrected chi connectivity index (χ1v) is 3.25. The molecule has 1 aliphatic rings. The molecule has 1 heterocycles. The molecule has 11 heavy (non-hydrogen) atoms. The van der Waals surface area contributed by atoms with Crippen molar-refractivity contribution in [2.75, 3.05) is 0 Å². The standard InChI is InChI=1S/C6H9O5/c1-2-3(7)4(8)5(9)6(10)11-2/h2,4-6,8-9H,1H3/q-1. The van der Waals surface area contributed by atoms with Crippen molar-refractivity contribution < 1.29 is 24.9 Å². The van der Waals surface area contributed by atoms with Crippen LogP contribution in [0.5, 0.6) is 0 Å². The van der Waals surface area contributed by atoms with Crippen LogP contribution in [0.15, 0.2) is 0 Å². The lowest BCUT2D eigenvalue weighted by atomic mass is 10.0. The highest BCUT2D eigenvalue weighted by Gasteiger charge is 2.36. The van der Waals surface area contributed by atoms with Gasteiger partial charge in [-0.3, -0.25) is 4.79 Å². The Kier molecular flexibility index (Phi) is 2.24. The summed E-state index contributed by atoms with van der Waals surface area (Å²) in [5.74, 6) is -0.649. The van der Waals surface area contributed by atoms with Crippen molar-refractivity contribution in [2.24, 2.45) is 0 Å². The van der Waals surface area contributed by atoms with E-state index in [1.165, 1.54) is 6.92 Å². The number of aliphatic hydroxyl groups excluding tert-OH is 2. The number of Topliss-reactive ketones (excluding diaryl/α,β-unsaturated/α-hetero) is 1. The molecule has 1 aliphatic heterocycles. The molecule has 2 N–H and O–H groups in total. The molecule has 0 aromatic carbocycles. The van der Waals surface area contributed by atoms with E-state index in [1.54, 1.807) is 0 Å². The number of hydrogen-bond acceptors (Lipinski definition) is 5. The largest absolute Gasteiger partial charge is 0.829 e. The maximum atomic E-state index is 10.8. The van der Waals surface area contributed by atoms with Gasteiger partial charge in [0.1, 0.15) is 12.2 Å². The van der Waals surface area contributed by atoms with E-state index in [-0.39, 0.29) is 0 Å². The van der Waals surface area contributed by atoms with Gasteiger partial charge < -0.3 is 20.1 Å². The summed E-state index contributed by atoms with van der Waals surface area (Å²) in [5.41, 5.74) is 0. The lowest BCUT2D eigenvalue weighted by molar-refractivity contribution is -0.519. The summed E-state index contributed by atoms with van der Waals surface area (Å²) in [5, 5.41) is 28.4. The van der Waals surface area contributed by atoms with Crippen molar-refractivity contribution in [3.05, 3.63) is 0 Å². The summed E-state index contributed by atoms with van der Waals surface area (Å²) in [6.07, 6.45) is -5.88. The first kappa shape index (κ1) is 8.61. The van der Waals surface area contributed by atoms with Crippen LogP contribution in [0.25, 0.3) is 0 Å². The van der Waals surface area contributed by atoms with Gasteiger partial charge in [0.2, 0.25) is 0 Å². The molecular weight excluding hydrogens is 152 g/mol. The SMILES string of the molecule is CC1OC([O-])C(O)C(O)C1=O. The predicted octanol–water partition coefficient (Wildman–Crippen LogP) is -2.62. The zero-order valence-electron chi connectivity index (χ0n) is 5.93. The van der Waals surface area contributed by atoms with Crippen molar-refractivity contribution in [1.29, 1.82) is 0 Å². The third kappa shape index (κ3) is 1.41. The molecule has 4 unspecified atom stereocenters. The number of carbonyl (C=O) groups excluding carboxylic acids is 1. The maximum absolute atomic E-state index is 10.8. The minimum Gasteiger partial charge on any atom is -0.829 e. The quantitative estimate of drug-likeness (QED) is 0.406. The van der Waals surface area contributed by atoms with Gasteiger partial charge in [-0.25, -0.2) is 0 Å². The van der Waals surface area contributed by atoms with Gasteiger partial charge in [0, 0.05) is 6.29 Å². The van der Waals surface area contributed by atoms with Gasteiger partial charge in [-0.2, -0.15) is 0 Å². The second-order valence-electron chi connectivity index (χ2n) is 2.48. The molecule has 0 bridgehead atoms. The highest BCUT2D eigenvalue weighted by atomic mass is 16.6. The Morgan fingerprint density at radius 1 is 1.55 bits per heavy atom. The van der Waals surface area contributed by atoms with E-state index in [0.717, 1.165) is 0 Å².